The average Bonchev–Trinajstić information content (AvgIpc) is 3.00. The van der Waals surface area contributed by atoms with Crippen molar-refractivity contribution in [1.29, 1.82) is 0 Å². The number of nitrogens with one attached hydrogen (secondary N) is 1. The van der Waals surface area contributed by atoms with E-state index in [4.69, 9.17) is 11.6 Å². The highest BCUT2D eigenvalue weighted by Crippen LogP contribution is 2.30. The van der Waals surface area contributed by atoms with Crippen molar-refractivity contribution in [3.8, 4) is 17.1 Å². The van der Waals surface area contributed by atoms with Crippen molar-refractivity contribution < 1.29 is 5.21 Å². The third kappa shape index (κ3) is 3.33. The molecule has 118 valence electrons. The molecule has 0 fully saturated rings. The normalized spacial score (nSPS) is 12.3. The molecule has 1 heterocycles. The molecular weight excluding hydrogens is 378 g/mol. The van der Waals surface area contributed by atoms with E-state index in [1.165, 1.54) is 0 Å². The number of aromatic nitrogens is 2. The summed E-state index contributed by atoms with van der Waals surface area (Å²) in [5.41, 5.74) is 4.77. The van der Waals surface area contributed by atoms with Gasteiger partial charge >= 0.3 is 0 Å². The van der Waals surface area contributed by atoms with E-state index >= 15 is 0 Å². The van der Waals surface area contributed by atoms with Gasteiger partial charge in [0.05, 0.1) is 16.8 Å². The number of imidazole rings is 1. The lowest BCUT2D eigenvalue weighted by molar-refractivity contribution is 0.132. The van der Waals surface area contributed by atoms with Crippen molar-refractivity contribution in [2.75, 3.05) is 0 Å². The van der Waals surface area contributed by atoms with Crippen molar-refractivity contribution in [3.05, 3.63) is 69.9 Å². The van der Waals surface area contributed by atoms with Gasteiger partial charge in [-0.1, -0.05) is 39.7 Å². The van der Waals surface area contributed by atoms with E-state index in [1.54, 1.807) is 0 Å². The van der Waals surface area contributed by atoms with E-state index < -0.39 is 0 Å². The molecule has 1 atom stereocenters. The van der Waals surface area contributed by atoms with Crippen LogP contribution in [0.1, 0.15) is 18.7 Å². The zero-order chi connectivity index (χ0) is 16.4. The molecule has 0 spiro atoms. The van der Waals surface area contributed by atoms with Gasteiger partial charge in [-0.2, -0.15) is 5.48 Å². The first-order chi connectivity index (χ1) is 11.1. The van der Waals surface area contributed by atoms with E-state index in [9.17, 15) is 5.21 Å². The fraction of sp³-hybridized carbons (Fsp3) is 0.118. The van der Waals surface area contributed by atoms with Crippen LogP contribution in [-0.2, 0) is 0 Å². The first kappa shape index (κ1) is 16.2. The minimum atomic E-state index is -0.284. The van der Waals surface area contributed by atoms with Crippen LogP contribution in [0.2, 0.25) is 5.02 Å². The van der Waals surface area contributed by atoms with Crippen molar-refractivity contribution in [2.24, 2.45) is 0 Å². The van der Waals surface area contributed by atoms with Crippen LogP contribution in [0.3, 0.4) is 0 Å². The molecule has 1 unspecified atom stereocenters. The number of nitrogens with zero attached hydrogens (tertiary/aromatic N) is 2. The van der Waals surface area contributed by atoms with Crippen molar-refractivity contribution in [1.82, 2.24) is 15.0 Å². The maximum atomic E-state index is 9.19. The molecule has 0 saturated heterocycles. The predicted molar refractivity (Wildman–Crippen MR) is 95.0 cm³/mol. The van der Waals surface area contributed by atoms with Gasteiger partial charge in [-0.15, -0.1) is 0 Å². The largest absolute Gasteiger partial charge is 0.316 e. The minimum absolute atomic E-state index is 0.284. The number of hydroxylamine groups is 1. The number of hydrogen-bond acceptors (Lipinski definition) is 3. The highest BCUT2D eigenvalue weighted by molar-refractivity contribution is 9.10. The van der Waals surface area contributed by atoms with Crippen LogP contribution in [0.15, 0.2) is 59.2 Å². The Kier molecular flexibility index (Phi) is 4.82. The van der Waals surface area contributed by atoms with Gasteiger partial charge in [-0.3, -0.25) is 4.57 Å². The Morgan fingerprint density at radius 1 is 1.17 bits per heavy atom. The number of halogens is 2. The van der Waals surface area contributed by atoms with E-state index in [2.05, 4.69) is 26.4 Å². The monoisotopic (exact) mass is 391 g/mol. The molecule has 6 heteroatoms. The molecule has 23 heavy (non-hydrogen) atoms. The quantitative estimate of drug-likeness (QED) is 0.615. The van der Waals surface area contributed by atoms with Gasteiger partial charge in [0.25, 0.3) is 0 Å². The molecular formula is C17H15BrClN3O. The summed E-state index contributed by atoms with van der Waals surface area (Å²) >= 11 is 9.78. The fourth-order valence-electron chi connectivity index (χ4n) is 2.30. The molecule has 4 nitrogen and oxygen atoms in total. The van der Waals surface area contributed by atoms with Crippen LogP contribution >= 0.6 is 27.5 Å². The number of benzene rings is 2. The number of rotatable bonds is 4. The lowest BCUT2D eigenvalue weighted by Crippen LogP contribution is -2.13. The Hall–Kier alpha value is -1.66. The van der Waals surface area contributed by atoms with Gasteiger partial charge in [0.2, 0.25) is 0 Å². The second-order valence-corrected chi connectivity index (χ2v) is 6.49. The topological polar surface area (TPSA) is 50.1 Å². The summed E-state index contributed by atoms with van der Waals surface area (Å²) < 4.78 is 2.97. The van der Waals surface area contributed by atoms with Crippen molar-refractivity contribution >= 4 is 27.5 Å². The SMILES string of the molecule is CC(NO)c1cn(-c2ccc(Br)cc2)c(-c2ccccc2Cl)n1. The highest BCUT2D eigenvalue weighted by Gasteiger charge is 2.17. The van der Waals surface area contributed by atoms with Gasteiger partial charge in [-0.25, -0.2) is 4.98 Å². The molecule has 1 aromatic heterocycles. The lowest BCUT2D eigenvalue weighted by atomic mass is 10.2. The first-order valence-electron chi connectivity index (χ1n) is 7.10. The fourth-order valence-corrected chi connectivity index (χ4v) is 2.79. The summed E-state index contributed by atoms with van der Waals surface area (Å²) in [4.78, 5) is 4.66. The van der Waals surface area contributed by atoms with E-state index in [0.29, 0.717) is 5.02 Å². The third-order valence-corrected chi connectivity index (χ3v) is 4.44. The van der Waals surface area contributed by atoms with E-state index in [-0.39, 0.29) is 6.04 Å². The zero-order valence-electron chi connectivity index (χ0n) is 12.4. The Morgan fingerprint density at radius 2 is 1.87 bits per heavy atom. The summed E-state index contributed by atoms with van der Waals surface area (Å²) in [5.74, 6) is 0.732. The molecule has 0 radical (unpaired) electrons. The summed E-state index contributed by atoms with van der Waals surface area (Å²) in [6.07, 6.45) is 1.90. The first-order valence-corrected chi connectivity index (χ1v) is 8.27. The van der Waals surface area contributed by atoms with Crippen LogP contribution in [-0.4, -0.2) is 14.8 Å². The molecule has 2 aromatic carbocycles. The minimum Gasteiger partial charge on any atom is -0.316 e. The van der Waals surface area contributed by atoms with Crippen LogP contribution in [0.5, 0.6) is 0 Å². The molecule has 0 amide bonds. The van der Waals surface area contributed by atoms with E-state index in [1.807, 2.05) is 66.2 Å². The van der Waals surface area contributed by atoms with Gasteiger partial charge in [0.15, 0.2) is 0 Å². The molecule has 0 saturated carbocycles. The lowest BCUT2D eigenvalue weighted by Gasteiger charge is -2.09. The standard InChI is InChI=1S/C17H15BrClN3O/c1-11(21-23)16-10-22(13-8-6-12(18)7-9-13)17(20-16)14-4-2-3-5-15(14)19/h2-11,21,23H,1H3. The smallest absolute Gasteiger partial charge is 0.146 e. The Bertz CT molecular complexity index is 817. The average molecular weight is 393 g/mol. The molecule has 3 aromatic rings. The summed E-state index contributed by atoms with van der Waals surface area (Å²) in [6, 6.07) is 15.2. The predicted octanol–water partition coefficient (Wildman–Crippen LogP) is 5.00. The van der Waals surface area contributed by atoms with Gasteiger partial charge in [-0.05, 0) is 43.3 Å². The number of hydrogen-bond donors (Lipinski definition) is 2. The Morgan fingerprint density at radius 3 is 2.52 bits per heavy atom. The maximum absolute atomic E-state index is 9.19. The summed E-state index contributed by atoms with van der Waals surface area (Å²) in [7, 11) is 0. The Balaban J connectivity index is 2.19. The van der Waals surface area contributed by atoms with Gasteiger partial charge in [0.1, 0.15) is 5.82 Å². The van der Waals surface area contributed by atoms with Crippen LogP contribution in [0.4, 0.5) is 0 Å². The molecule has 2 N–H and O–H groups in total. The van der Waals surface area contributed by atoms with Gasteiger partial charge < -0.3 is 5.21 Å². The molecule has 3 rings (SSSR count). The van der Waals surface area contributed by atoms with E-state index in [0.717, 1.165) is 27.2 Å². The third-order valence-electron chi connectivity index (χ3n) is 3.58. The second-order valence-electron chi connectivity index (χ2n) is 5.17. The second kappa shape index (κ2) is 6.84. The van der Waals surface area contributed by atoms with Crippen LogP contribution in [0, 0.1) is 0 Å². The van der Waals surface area contributed by atoms with Crippen LogP contribution < -0.4 is 5.48 Å². The molecule has 0 aliphatic heterocycles. The zero-order valence-corrected chi connectivity index (χ0v) is 14.7. The summed E-state index contributed by atoms with van der Waals surface area (Å²) in [6.45, 7) is 1.84. The Labute approximate surface area is 147 Å². The van der Waals surface area contributed by atoms with Gasteiger partial charge in [0, 0.05) is 21.9 Å². The molecule has 0 aliphatic carbocycles. The van der Waals surface area contributed by atoms with Crippen molar-refractivity contribution in [2.45, 2.75) is 13.0 Å². The maximum Gasteiger partial charge on any atom is 0.146 e. The van der Waals surface area contributed by atoms with Crippen molar-refractivity contribution in [3.63, 3.8) is 0 Å². The molecule has 0 aliphatic rings. The van der Waals surface area contributed by atoms with Crippen LogP contribution in [0.25, 0.3) is 17.1 Å². The summed E-state index contributed by atoms with van der Waals surface area (Å²) in [5, 5.41) is 9.82. The molecule has 0 bridgehead atoms. The highest BCUT2D eigenvalue weighted by atomic mass is 79.9.